The Balaban J connectivity index is 1.69. The van der Waals surface area contributed by atoms with Gasteiger partial charge in [-0.2, -0.15) is 0 Å². The first-order valence-corrected chi connectivity index (χ1v) is 11.7. The average molecular weight is 449 g/mol. The highest BCUT2D eigenvalue weighted by Crippen LogP contribution is 2.37. The Morgan fingerprint density at radius 3 is 2.36 bits per heavy atom. The minimum absolute atomic E-state index is 0.0767. The molecule has 6 nitrogen and oxygen atoms in total. The van der Waals surface area contributed by atoms with Gasteiger partial charge < -0.3 is 14.7 Å². The van der Waals surface area contributed by atoms with Crippen LogP contribution in [0.15, 0.2) is 54.2 Å². The van der Waals surface area contributed by atoms with Gasteiger partial charge in [0.2, 0.25) is 0 Å². The van der Waals surface area contributed by atoms with Crippen LogP contribution in [-0.2, 0) is 9.59 Å². The molecule has 2 amide bonds. The SMILES string of the molecule is Cc1ccc(C2=C(N3CCCC(CO)C3)C(=O)N(c3ccc(OCC(C)C)cc3)C2=O)cc1. The predicted molar refractivity (Wildman–Crippen MR) is 129 cm³/mol. The van der Waals surface area contributed by atoms with Crippen molar-refractivity contribution in [3.05, 3.63) is 65.4 Å². The van der Waals surface area contributed by atoms with E-state index in [1.54, 1.807) is 24.3 Å². The van der Waals surface area contributed by atoms with E-state index >= 15 is 0 Å². The molecule has 2 aromatic carbocycles. The fourth-order valence-corrected chi connectivity index (χ4v) is 4.40. The van der Waals surface area contributed by atoms with Gasteiger partial charge in [-0.15, -0.1) is 0 Å². The molecule has 2 aliphatic rings. The standard InChI is InChI=1S/C27H32N2O4/c1-18(2)17-33-23-12-10-22(11-13-23)29-26(31)24(21-8-6-19(3)7-9-21)25(27(29)32)28-14-4-5-20(15-28)16-30/h6-13,18,20,30H,4-5,14-17H2,1-3H3. The molecule has 2 heterocycles. The number of likely N-dealkylation sites (tertiary alicyclic amines) is 1. The number of imide groups is 1. The van der Waals surface area contributed by atoms with Gasteiger partial charge in [-0.25, -0.2) is 4.90 Å². The summed E-state index contributed by atoms with van der Waals surface area (Å²) in [5, 5.41) is 9.70. The number of hydrogen-bond donors (Lipinski definition) is 1. The first kappa shape index (κ1) is 23.1. The first-order chi connectivity index (χ1) is 15.9. The summed E-state index contributed by atoms with van der Waals surface area (Å²) in [5.41, 5.74) is 3.21. The monoisotopic (exact) mass is 448 g/mol. The van der Waals surface area contributed by atoms with Gasteiger partial charge in [0.15, 0.2) is 0 Å². The molecule has 2 aliphatic heterocycles. The van der Waals surface area contributed by atoms with Crippen molar-refractivity contribution >= 4 is 23.1 Å². The quantitative estimate of drug-likeness (QED) is 0.648. The molecule has 6 heteroatoms. The van der Waals surface area contributed by atoms with Crippen molar-refractivity contribution < 1.29 is 19.4 Å². The van der Waals surface area contributed by atoms with Crippen molar-refractivity contribution in [3.63, 3.8) is 0 Å². The van der Waals surface area contributed by atoms with Crippen LogP contribution in [0.2, 0.25) is 0 Å². The molecule has 33 heavy (non-hydrogen) atoms. The summed E-state index contributed by atoms with van der Waals surface area (Å²) in [6, 6.07) is 14.8. The van der Waals surface area contributed by atoms with E-state index in [1.807, 2.05) is 36.1 Å². The highest BCUT2D eigenvalue weighted by Gasteiger charge is 2.43. The topological polar surface area (TPSA) is 70.1 Å². The lowest BCUT2D eigenvalue weighted by molar-refractivity contribution is -0.120. The molecule has 0 aromatic heterocycles. The van der Waals surface area contributed by atoms with Gasteiger partial charge in [-0.05, 0) is 61.4 Å². The number of piperidine rings is 1. The van der Waals surface area contributed by atoms with Crippen molar-refractivity contribution in [1.82, 2.24) is 4.90 Å². The van der Waals surface area contributed by atoms with Gasteiger partial charge in [0, 0.05) is 19.7 Å². The molecular formula is C27H32N2O4. The molecule has 0 spiro atoms. The van der Waals surface area contributed by atoms with E-state index in [0.717, 1.165) is 24.0 Å². The van der Waals surface area contributed by atoms with Crippen LogP contribution in [0.3, 0.4) is 0 Å². The van der Waals surface area contributed by atoms with E-state index in [0.29, 0.717) is 48.3 Å². The zero-order valence-corrected chi connectivity index (χ0v) is 19.6. The van der Waals surface area contributed by atoms with E-state index in [2.05, 4.69) is 13.8 Å². The molecule has 0 bridgehead atoms. The number of anilines is 1. The highest BCUT2D eigenvalue weighted by atomic mass is 16.5. The van der Waals surface area contributed by atoms with Crippen LogP contribution in [0.4, 0.5) is 5.69 Å². The van der Waals surface area contributed by atoms with E-state index in [1.165, 1.54) is 4.90 Å². The van der Waals surface area contributed by atoms with Crippen molar-refractivity contribution in [2.45, 2.75) is 33.6 Å². The third-order valence-corrected chi connectivity index (χ3v) is 6.17. The third kappa shape index (κ3) is 4.81. The number of aliphatic hydroxyl groups is 1. The van der Waals surface area contributed by atoms with Gasteiger partial charge in [0.05, 0.1) is 17.9 Å². The maximum Gasteiger partial charge on any atom is 0.282 e. The maximum atomic E-state index is 13.7. The molecule has 1 unspecified atom stereocenters. The number of rotatable bonds is 7. The second-order valence-corrected chi connectivity index (χ2v) is 9.37. The molecular weight excluding hydrogens is 416 g/mol. The van der Waals surface area contributed by atoms with Crippen LogP contribution in [0.5, 0.6) is 5.75 Å². The van der Waals surface area contributed by atoms with Crippen molar-refractivity contribution in [2.24, 2.45) is 11.8 Å². The number of hydrogen-bond acceptors (Lipinski definition) is 5. The van der Waals surface area contributed by atoms with Gasteiger partial charge >= 0.3 is 0 Å². The molecule has 2 aromatic rings. The van der Waals surface area contributed by atoms with E-state index in [-0.39, 0.29) is 24.3 Å². The Morgan fingerprint density at radius 1 is 1.03 bits per heavy atom. The summed E-state index contributed by atoms with van der Waals surface area (Å²) in [5.74, 6) is 0.577. The zero-order valence-electron chi connectivity index (χ0n) is 19.6. The predicted octanol–water partition coefficient (Wildman–Crippen LogP) is 4.02. The number of benzene rings is 2. The summed E-state index contributed by atoms with van der Waals surface area (Å²) in [6.07, 6.45) is 1.79. The summed E-state index contributed by atoms with van der Waals surface area (Å²) in [4.78, 5) is 30.6. The van der Waals surface area contributed by atoms with Gasteiger partial charge in [-0.1, -0.05) is 43.7 Å². The molecule has 1 fully saturated rings. The van der Waals surface area contributed by atoms with Gasteiger partial charge in [0.1, 0.15) is 11.4 Å². The van der Waals surface area contributed by atoms with Crippen LogP contribution in [0, 0.1) is 18.8 Å². The van der Waals surface area contributed by atoms with Crippen molar-refractivity contribution in [1.29, 1.82) is 0 Å². The molecule has 0 aliphatic carbocycles. The van der Waals surface area contributed by atoms with Crippen LogP contribution in [0.25, 0.3) is 5.57 Å². The summed E-state index contributed by atoms with van der Waals surface area (Å²) in [6.45, 7) is 8.09. The fraction of sp³-hybridized carbons (Fsp3) is 0.407. The fourth-order valence-electron chi connectivity index (χ4n) is 4.40. The number of aliphatic hydroxyl groups excluding tert-OH is 1. The van der Waals surface area contributed by atoms with Crippen molar-refractivity contribution in [2.75, 3.05) is 31.2 Å². The average Bonchev–Trinajstić information content (AvgIpc) is 3.08. The molecule has 1 atom stereocenters. The molecule has 1 N–H and O–H groups in total. The highest BCUT2D eigenvalue weighted by molar-refractivity contribution is 6.45. The molecule has 1 saturated heterocycles. The minimum atomic E-state index is -0.319. The lowest BCUT2D eigenvalue weighted by Gasteiger charge is -2.34. The zero-order chi connectivity index (χ0) is 23.5. The third-order valence-electron chi connectivity index (χ3n) is 6.17. The number of nitrogens with zero attached hydrogens (tertiary/aromatic N) is 2. The van der Waals surface area contributed by atoms with Crippen LogP contribution < -0.4 is 9.64 Å². The number of ether oxygens (including phenoxy) is 1. The summed E-state index contributed by atoms with van der Waals surface area (Å²) < 4.78 is 5.75. The lowest BCUT2D eigenvalue weighted by atomic mass is 9.96. The molecule has 4 rings (SSSR count). The summed E-state index contributed by atoms with van der Waals surface area (Å²) >= 11 is 0. The number of amides is 2. The summed E-state index contributed by atoms with van der Waals surface area (Å²) in [7, 11) is 0. The smallest absolute Gasteiger partial charge is 0.282 e. The molecule has 174 valence electrons. The van der Waals surface area contributed by atoms with Crippen LogP contribution >= 0.6 is 0 Å². The number of aryl methyl sites for hydroxylation is 1. The van der Waals surface area contributed by atoms with Crippen molar-refractivity contribution in [3.8, 4) is 5.75 Å². The van der Waals surface area contributed by atoms with Gasteiger partial charge in [-0.3, -0.25) is 9.59 Å². The molecule has 0 saturated carbocycles. The number of carbonyl (C=O) groups is 2. The Bertz CT molecular complexity index is 1040. The lowest BCUT2D eigenvalue weighted by Crippen LogP contribution is -2.40. The Hall–Kier alpha value is -3.12. The number of carbonyl (C=O) groups excluding carboxylic acids is 2. The second-order valence-electron chi connectivity index (χ2n) is 9.37. The largest absolute Gasteiger partial charge is 0.493 e. The minimum Gasteiger partial charge on any atom is -0.493 e. The van der Waals surface area contributed by atoms with Gasteiger partial charge in [0.25, 0.3) is 11.8 Å². The first-order valence-electron chi connectivity index (χ1n) is 11.7. The Labute approximate surface area is 195 Å². The normalized spacial score (nSPS) is 19.1. The van der Waals surface area contributed by atoms with E-state index in [9.17, 15) is 14.7 Å². The maximum absolute atomic E-state index is 13.7. The Morgan fingerprint density at radius 2 is 1.73 bits per heavy atom. The van der Waals surface area contributed by atoms with E-state index < -0.39 is 0 Å². The van der Waals surface area contributed by atoms with Crippen LogP contribution in [-0.4, -0.2) is 48.1 Å². The van der Waals surface area contributed by atoms with Crippen LogP contribution in [0.1, 0.15) is 37.8 Å². The Kier molecular flexibility index (Phi) is 6.84. The second kappa shape index (κ2) is 9.79. The molecule has 0 radical (unpaired) electrons. The van der Waals surface area contributed by atoms with E-state index in [4.69, 9.17) is 4.74 Å².